The molecular formula is C18H14N4O2S. The predicted molar refractivity (Wildman–Crippen MR) is 95.9 cm³/mol. The Morgan fingerprint density at radius 3 is 2.56 bits per heavy atom. The highest BCUT2D eigenvalue weighted by Gasteiger charge is 2.13. The molecule has 0 aliphatic rings. The van der Waals surface area contributed by atoms with Crippen LogP contribution in [0.5, 0.6) is 5.75 Å². The van der Waals surface area contributed by atoms with Crippen molar-refractivity contribution in [2.24, 2.45) is 0 Å². The molecule has 0 amide bonds. The minimum atomic E-state index is -0.281. The van der Waals surface area contributed by atoms with E-state index in [1.807, 2.05) is 61.5 Å². The summed E-state index contributed by atoms with van der Waals surface area (Å²) in [6, 6.07) is 17.1. The molecule has 0 aliphatic carbocycles. The molecule has 0 aliphatic heterocycles. The molecule has 0 spiro atoms. The Morgan fingerprint density at radius 2 is 1.80 bits per heavy atom. The molecule has 25 heavy (non-hydrogen) atoms. The van der Waals surface area contributed by atoms with E-state index in [4.69, 9.17) is 4.74 Å². The molecule has 4 aromatic rings. The summed E-state index contributed by atoms with van der Waals surface area (Å²) in [6.45, 7) is 2.27. The Labute approximate surface area is 147 Å². The standard InChI is InChI=1S/C18H14N4O2S/c1-12-7-9-13(10-8-12)16-17(23)22-18(20-19-16)25-15(21-22)11-24-14-5-3-2-4-6-14/h2-10H,11H2,1H3. The summed E-state index contributed by atoms with van der Waals surface area (Å²) in [5.41, 5.74) is 1.86. The average Bonchev–Trinajstić information content (AvgIpc) is 3.06. The van der Waals surface area contributed by atoms with Gasteiger partial charge in [-0.15, -0.1) is 10.2 Å². The van der Waals surface area contributed by atoms with Gasteiger partial charge in [-0.3, -0.25) is 4.79 Å². The average molecular weight is 350 g/mol. The van der Waals surface area contributed by atoms with Crippen LogP contribution < -0.4 is 10.3 Å². The maximum atomic E-state index is 12.7. The lowest BCUT2D eigenvalue weighted by molar-refractivity contribution is 0.304. The molecule has 0 N–H and O–H groups in total. The van der Waals surface area contributed by atoms with E-state index in [9.17, 15) is 4.79 Å². The lowest BCUT2D eigenvalue weighted by atomic mass is 10.1. The molecule has 2 aromatic carbocycles. The first-order chi connectivity index (χ1) is 12.2. The summed E-state index contributed by atoms with van der Waals surface area (Å²) in [7, 11) is 0. The first kappa shape index (κ1) is 15.5. The predicted octanol–water partition coefficient (Wildman–Crippen LogP) is 3.10. The Hall–Kier alpha value is -3.06. The van der Waals surface area contributed by atoms with E-state index in [-0.39, 0.29) is 12.2 Å². The van der Waals surface area contributed by atoms with E-state index in [0.29, 0.717) is 15.7 Å². The van der Waals surface area contributed by atoms with E-state index in [2.05, 4.69) is 15.3 Å². The van der Waals surface area contributed by atoms with Crippen LogP contribution in [0.2, 0.25) is 0 Å². The molecular weight excluding hydrogens is 336 g/mol. The number of fused-ring (bicyclic) bond motifs is 1. The first-order valence-corrected chi connectivity index (χ1v) is 8.53. The van der Waals surface area contributed by atoms with Gasteiger partial charge in [0.25, 0.3) is 0 Å². The fourth-order valence-electron chi connectivity index (χ4n) is 2.37. The minimum Gasteiger partial charge on any atom is -0.486 e. The maximum absolute atomic E-state index is 12.7. The van der Waals surface area contributed by atoms with Crippen LogP contribution in [-0.4, -0.2) is 19.8 Å². The van der Waals surface area contributed by atoms with E-state index in [1.54, 1.807) is 0 Å². The molecule has 0 saturated carbocycles. The molecule has 0 bridgehead atoms. The largest absolute Gasteiger partial charge is 0.486 e. The fourth-order valence-corrected chi connectivity index (χ4v) is 3.11. The zero-order valence-corrected chi connectivity index (χ0v) is 14.2. The molecule has 7 heteroatoms. The van der Waals surface area contributed by atoms with Crippen LogP contribution in [0.25, 0.3) is 16.2 Å². The molecule has 124 valence electrons. The van der Waals surface area contributed by atoms with Crippen molar-refractivity contribution in [3.63, 3.8) is 0 Å². The topological polar surface area (TPSA) is 69.4 Å². The number of hydrogen-bond acceptors (Lipinski definition) is 6. The van der Waals surface area contributed by atoms with Crippen molar-refractivity contribution in [3.05, 3.63) is 75.5 Å². The van der Waals surface area contributed by atoms with Crippen LogP contribution in [0, 0.1) is 6.92 Å². The molecule has 6 nitrogen and oxygen atoms in total. The Bertz CT molecular complexity index is 1070. The smallest absolute Gasteiger partial charge is 0.302 e. The summed E-state index contributed by atoms with van der Waals surface area (Å²) >= 11 is 1.29. The van der Waals surface area contributed by atoms with Crippen molar-refractivity contribution >= 4 is 16.3 Å². The number of aryl methyl sites for hydroxylation is 1. The third-order valence-electron chi connectivity index (χ3n) is 3.66. The maximum Gasteiger partial charge on any atom is 0.302 e. The first-order valence-electron chi connectivity index (χ1n) is 7.71. The second kappa shape index (κ2) is 6.45. The highest BCUT2D eigenvalue weighted by atomic mass is 32.1. The van der Waals surface area contributed by atoms with Crippen LogP contribution >= 0.6 is 11.3 Å². The number of ether oxygens (including phenoxy) is 1. The van der Waals surface area contributed by atoms with E-state index >= 15 is 0 Å². The molecule has 0 saturated heterocycles. The second-order valence-corrected chi connectivity index (χ2v) is 6.55. The van der Waals surface area contributed by atoms with Gasteiger partial charge in [0.15, 0.2) is 10.7 Å². The third-order valence-corrected chi connectivity index (χ3v) is 4.54. The van der Waals surface area contributed by atoms with Gasteiger partial charge in [0.2, 0.25) is 4.96 Å². The summed E-state index contributed by atoms with van der Waals surface area (Å²) in [6.07, 6.45) is 0. The molecule has 0 unspecified atom stereocenters. The summed E-state index contributed by atoms with van der Waals surface area (Å²) < 4.78 is 6.96. The molecule has 4 rings (SSSR count). The number of nitrogens with zero attached hydrogens (tertiary/aromatic N) is 4. The van der Waals surface area contributed by atoms with Crippen molar-refractivity contribution in [2.45, 2.75) is 13.5 Å². The highest BCUT2D eigenvalue weighted by Crippen LogP contribution is 2.17. The third kappa shape index (κ3) is 3.14. The van der Waals surface area contributed by atoms with Gasteiger partial charge >= 0.3 is 5.56 Å². The fraction of sp³-hybridized carbons (Fsp3) is 0.111. The SMILES string of the molecule is Cc1ccc(-c2nnc3sc(COc4ccccc4)nn3c2=O)cc1. The number of para-hydroxylation sites is 1. The number of rotatable bonds is 4. The van der Waals surface area contributed by atoms with Gasteiger partial charge in [-0.05, 0) is 19.1 Å². The minimum absolute atomic E-state index is 0.275. The van der Waals surface area contributed by atoms with Crippen LogP contribution in [-0.2, 0) is 6.61 Å². The highest BCUT2D eigenvalue weighted by molar-refractivity contribution is 7.16. The molecule has 2 aromatic heterocycles. The molecule has 2 heterocycles. The Morgan fingerprint density at radius 1 is 1.04 bits per heavy atom. The van der Waals surface area contributed by atoms with Crippen molar-refractivity contribution in [2.75, 3.05) is 0 Å². The van der Waals surface area contributed by atoms with Crippen LogP contribution in [0.1, 0.15) is 10.6 Å². The van der Waals surface area contributed by atoms with Crippen LogP contribution in [0.3, 0.4) is 0 Å². The quantitative estimate of drug-likeness (QED) is 0.566. The Balaban J connectivity index is 1.65. The van der Waals surface area contributed by atoms with Gasteiger partial charge in [0.05, 0.1) is 0 Å². The van der Waals surface area contributed by atoms with Crippen molar-refractivity contribution < 1.29 is 4.74 Å². The van der Waals surface area contributed by atoms with E-state index < -0.39 is 0 Å². The zero-order valence-electron chi connectivity index (χ0n) is 13.4. The molecule has 0 radical (unpaired) electrons. The van der Waals surface area contributed by atoms with Gasteiger partial charge < -0.3 is 4.74 Å². The zero-order chi connectivity index (χ0) is 17.2. The van der Waals surface area contributed by atoms with E-state index in [0.717, 1.165) is 16.9 Å². The van der Waals surface area contributed by atoms with Gasteiger partial charge in [0.1, 0.15) is 12.4 Å². The van der Waals surface area contributed by atoms with Crippen molar-refractivity contribution in [1.29, 1.82) is 0 Å². The summed E-state index contributed by atoms with van der Waals surface area (Å²) in [5.74, 6) is 0.750. The normalized spacial score (nSPS) is 10.9. The summed E-state index contributed by atoms with van der Waals surface area (Å²) in [4.78, 5) is 13.1. The van der Waals surface area contributed by atoms with E-state index in [1.165, 1.54) is 15.9 Å². The number of benzene rings is 2. The molecule has 0 fully saturated rings. The van der Waals surface area contributed by atoms with Crippen molar-refractivity contribution in [1.82, 2.24) is 19.8 Å². The van der Waals surface area contributed by atoms with Gasteiger partial charge in [-0.1, -0.05) is 59.4 Å². The summed E-state index contributed by atoms with van der Waals surface area (Å²) in [5, 5.41) is 13.2. The van der Waals surface area contributed by atoms with Crippen molar-refractivity contribution in [3.8, 4) is 17.0 Å². The number of hydrogen-bond donors (Lipinski definition) is 0. The monoisotopic (exact) mass is 350 g/mol. The lowest BCUT2D eigenvalue weighted by Crippen LogP contribution is -2.19. The lowest BCUT2D eigenvalue weighted by Gasteiger charge is -2.01. The van der Waals surface area contributed by atoms with Crippen LogP contribution in [0.4, 0.5) is 0 Å². The van der Waals surface area contributed by atoms with Crippen LogP contribution in [0.15, 0.2) is 59.4 Å². The van der Waals surface area contributed by atoms with Gasteiger partial charge in [-0.25, -0.2) is 0 Å². The molecule has 0 atom stereocenters. The second-order valence-electron chi connectivity index (χ2n) is 5.51. The van der Waals surface area contributed by atoms with Gasteiger partial charge in [-0.2, -0.15) is 9.61 Å². The van der Waals surface area contributed by atoms with Gasteiger partial charge in [0, 0.05) is 5.56 Å². The number of aromatic nitrogens is 4. The Kier molecular flexibility index (Phi) is 3.99.